The van der Waals surface area contributed by atoms with Crippen molar-refractivity contribution in [2.75, 3.05) is 5.32 Å². The van der Waals surface area contributed by atoms with E-state index in [9.17, 15) is 13.2 Å². The fourth-order valence-electron chi connectivity index (χ4n) is 1.67. The molecule has 0 radical (unpaired) electrons. The molecule has 1 aromatic carbocycles. The lowest BCUT2D eigenvalue weighted by atomic mass is 10.3. The maximum atomic E-state index is 12.2. The van der Waals surface area contributed by atoms with Gasteiger partial charge in [0.1, 0.15) is 5.03 Å². The van der Waals surface area contributed by atoms with Crippen molar-refractivity contribution >= 4 is 45.0 Å². The lowest BCUT2D eigenvalue weighted by Gasteiger charge is -2.12. The number of sulfonamides is 1. The number of benzene rings is 1. The Bertz CT molecular complexity index is 828. The third-order valence-electron chi connectivity index (χ3n) is 2.81. The first kappa shape index (κ1) is 17.7. The minimum Gasteiger partial charge on any atom is -0.325 e. The number of primary sulfonamides is 1. The molecule has 23 heavy (non-hydrogen) atoms. The predicted octanol–water partition coefficient (Wildman–Crippen LogP) is 2.50. The van der Waals surface area contributed by atoms with Gasteiger partial charge in [0.15, 0.2) is 0 Å². The largest absolute Gasteiger partial charge is 0.325 e. The average molecular weight is 372 g/mol. The predicted molar refractivity (Wildman–Crippen MR) is 91.0 cm³/mol. The van der Waals surface area contributed by atoms with Gasteiger partial charge in [-0.05, 0) is 37.3 Å². The van der Waals surface area contributed by atoms with Gasteiger partial charge in [-0.3, -0.25) is 4.79 Å². The number of carbonyl (C=O) groups is 1. The first-order valence-corrected chi connectivity index (χ1v) is 9.28. The van der Waals surface area contributed by atoms with Crippen molar-refractivity contribution < 1.29 is 13.2 Å². The number of thioether (sulfide) groups is 1. The molecule has 0 fully saturated rings. The summed E-state index contributed by atoms with van der Waals surface area (Å²) in [4.78, 5) is 16.2. The molecule has 1 aromatic heterocycles. The molecule has 6 nitrogen and oxygen atoms in total. The maximum absolute atomic E-state index is 12.2. The molecule has 122 valence electrons. The van der Waals surface area contributed by atoms with E-state index in [0.717, 1.165) is 0 Å². The Labute approximate surface area is 143 Å². The highest BCUT2D eigenvalue weighted by molar-refractivity contribution is 8.00. The summed E-state index contributed by atoms with van der Waals surface area (Å²) < 4.78 is 22.6. The van der Waals surface area contributed by atoms with Crippen LogP contribution in [0.25, 0.3) is 0 Å². The fraction of sp³-hybridized carbons (Fsp3) is 0.143. The molecule has 1 heterocycles. The number of hydrogen-bond donors (Lipinski definition) is 2. The van der Waals surface area contributed by atoms with Gasteiger partial charge in [0.25, 0.3) is 0 Å². The summed E-state index contributed by atoms with van der Waals surface area (Å²) in [6.45, 7) is 1.70. The molecule has 0 aliphatic carbocycles. The molecule has 0 spiro atoms. The number of nitrogens with one attached hydrogen (secondary N) is 1. The minimum absolute atomic E-state index is 0.0663. The van der Waals surface area contributed by atoms with Gasteiger partial charge in [0.05, 0.1) is 15.2 Å². The number of nitrogens with zero attached hydrogens (tertiary/aromatic N) is 1. The Kier molecular flexibility index (Phi) is 5.64. The molecule has 1 atom stereocenters. The van der Waals surface area contributed by atoms with Crippen molar-refractivity contribution in [1.82, 2.24) is 4.98 Å². The molecular formula is C14H14ClN3O3S2. The van der Waals surface area contributed by atoms with Crippen LogP contribution in [0.1, 0.15) is 6.92 Å². The van der Waals surface area contributed by atoms with Crippen LogP contribution in [0.4, 0.5) is 5.69 Å². The molecule has 0 saturated heterocycles. The number of pyridine rings is 1. The normalized spacial score (nSPS) is 12.7. The highest BCUT2D eigenvalue weighted by Gasteiger charge is 2.17. The van der Waals surface area contributed by atoms with Crippen LogP contribution >= 0.6 is 23.4 Å². The Balaban J connectivity index is 2.08. The van der Waals surface area contributed by atoms with E-state index < -0.39 is 15.3 Å². The van der Waals surface area contributed by atoms with Gasteiger partial charge in [-0.25, -0.2) is 18.5 Å². The molecule has 0 bridgehead atoms. The van der Waals surface area contributed by atoms with E-state index in [1.54, 1.807) is 31.3 Å². The molecule has 3 N–H and O–H groups in total. The summed E-state index contributed by atoms with van der Waals surface area (Å²) in [6.07, 6.45) is 1.59. The topological polar surface area (TPSA) is 102 Å². The van der Waals surface area contributed by atoms with Gasteiger partial charge in [-0.15, -0.1) is 0 Å². The van der Waals surface area contributed by atoms with Gasteiger partial charge >= 0.3 is 0 Å². The van der Waals surface area contributed by atoms with Crippen LogP contribution in [-0.4, -0.2) is 24.6 Å². The van der Waals surface area contributed by atoms with Gasteiger partial charge in [0.2, 0.25) is 15.9 Å². The van der Waals surface area contributed by atoms with Crippen molar-refractivity contribution in [1.29, 1.82) is 0 Å². The summed E-state index contributed by atoms with van der Waals surface area (Å²) in [7, 11) is -3.82. The number of hydrogen-bond acceptors (Lipinski definition) is 5. The van der Waals surface area contributed by atoms with Crippen LogP contribution in [0.15, 0.2) is 52.5 Å². The molecule has 1 unspecified atom stereocenters. The molecule has 9 heteroatoms. The van der Waals surface area contributed by atoms with Crippen LogP contribution in [0.3, 0.4) is 0 Å². The SMILES string of the molecule is CC(Sc1ncccc1Cl)C(=O)Nc1cccc(S(N)(=O)=O)c1. The third-order valence-corrected chi connectivity index (χ3v) is 5.26. The van der Waals surface area contributed by atoms with Crippen LogP contribution < -0.4 is 10.5 Å². The quantitative estimate of drug-likeness (QED) is 0.786. The third kappa shape index (κ3) is 4.93. The zero-order chi connectivity index (χ0) is 17.0. The summed E-state index contributed by atoms with van der Waals surface area (Å²) in [5, 5.41) is 8.26. The van der Waals surface area contributed by atoms with Crippen molar-refractivity contribution in [2.24, 2.45) is 5.14 Å². The van der Waals surface area contributed by atoms with Crippen molar-refractivity contribution in [2.45, 2.75) is 22.1 Å². The molecular weight excluding hydrogens is 358 g/mol. The second-order valence-electron chi connectivity index (χ2n) is 4.61. The van der Waals surface area contributed by atoms with E-state index in [-0.39, 0.29) is 10.8 Å². The minimum atomic E-state index is -3.82. The van der Waals surface area contributed by atoms with Crippen molar-refractivity contribution in [3.63, 3.8) is 0 Å². The van der Waals surface area contributed by atoms with Gasteiger partial charge in [0, 0.05) is 11.9 Å². The number of aromatic nitrogens is 1. The maximum Gasteiger partial charge on any atom is 0.238 e. The van der Waals surface area contributed by atoms with Crippen LogP contribution in [0.2, 0.25) is 5.02 Å². The van der Waals surface area contributed by atoms with Crippen molar-refractivity contribution in [3.8, 4) is 0 Å². The zero-order valence-electron chi connectivity index (χ0n) is 12.1. The summed E-state index contributed by atoms with van der Waals surface area (Å²) in [5.41, 5.74) is 0.348. The van der Waals surface area contributed by atoms with E-state index in [1.165, 1.54) is 30.0 Å². The molecule has 2 aromatic rings. The van der Waals surface area contributed by atoms with E-state index >= 15 is 0 Å². The van der Waals surface area contributed by atoms with Gasteiger partial charge in [-0.1, -0.05) is 29.4 Å². The smallest absolute Gasteiger partial charge is 0.238 e. The second-order valence-corrected chi connectivity index (χ2v) is 7.91. The van der Waals surface area contributed by atoms with Crippen molar-refractivity contribution in [3.05, 3.63) is 47.6 Å². The fourth-order valence-corrected chi connectivity index (χ4v) is 3.29. The number of anilines is 1. The number of carbonyl (C=O) groups excluding carboxylic acids is 1. The highest BCUT2D eigenvalue weighted by atomic mass is 35.5. The first-order chi connectivity index (χ1) is 10.8. The Morgan fingerprint density at radius 3 is 2.74 bits per heavy atom. The Morgan fingerprint density at radius 1 is 1.35 bits per heavy atom. The van der Waals surface area contributed by atoms with E-state index in [2.05, 4.69) is 10.3 Å². The van der Waals surface area contributed by atoms with E-state index in [0.29, 0.717) is 15.7 Å². The molecule has 0 aliphatic heterocycles. The molecule has 2 rings (SSSR count). The highest BCUT2D eigenvalue weighted by Crippen LogP contribution is 2.28. The second kappa shape index (κ2) is 7.31. The summed E-state index contributed by atoms with van der Waals surface area (Å²) in [5.74, 6) is -0.303. The van der Waals surface area contributed by atoms with Crippen LogP contribution in [0, 0.1) is 0 Å². The van der Waals surface area contributed by atoms with E-state index in [1.807, 2.05) is 0 Å². The molecule has 1 amide bonds. The number of rotatable bonds is 5. The number of nitrogens with two attached hydrogens (primary N) is 1. The lowest BCUT2D eigenvalue weighted by Crippen LogP contribution is -2.23. The first-order valence-electron chi connectivity index (χ1n) is 6.48. The van der Waals surface area contributed by atoms with Crippen LogP contribution in [0.5, 0.6) is 0 Å². The lowest BCUT2D eigenvalue weighted by molar-refractivity contribution is -0.115. The average Bonchev–Trinajstić information content (AvgIpc) is 2.49. The van der Waals surface area contributed by atoms with Crippen LogP contribution in [-0.2, 0) is 14.8 Å². The molecule has 0 aliphatic rings. The zero-order valence-corrected chi connectivity index (χ0v) is 14.5. The van der Waals surface area contributed by atoms with Gasteiger partial charge in [-0.2, -0.15) is 0 Å². The number of amides is 1. The monoisotopic (exact) mass is 371 g/mol. The van der Waals surface area contributed by atoms with E-state index in [4.69, 9.17) is 16.7 Å². The standard InChI is InChI=1S/C14H14ClN3O3S2/c1-9(22-14-12(15)6-3-7-17-14)13(19)18-10-4-2-5-11(8-10)23(16,20)21/h2-9H,1H3,(H,18,19)(H2,16,20,21). The number of halogens is 1. The molecule has 0 saturated carbocycles. The summed E-state index contributed by atoms with van der Waals surface area (Å²) >= 11 is 7.22. The Hall–Kier alpha value is -1.61. The summed E-state index contributed by atoms with van der Waals surface area (Å²) in [6, 6.07) is 9.14. The van der Waals surface area contributed by atoms with Gasteiger partial charge < -0.3 is 5.32 Å². The Morgan fingerprint density at radius 2 is 2.09 bits per heavy atom.